The number of piperidine rings is 1. The molecule has 0 radical (unpaired) electrons. The maximum absolute atomic E-state index is 10.7. The van der Waals surface area contributed by atoms with E-state index in [1.54, 1.807) is 26.1 Å². The van der Waals surface area contributed by atoms with Crippen molar-refractivity contribution in [3.8, 4) is 11.8 Å². The highest BCUT2D eigenvalue weighted by Crippen LogP contribution is 2.18. The maximum Gasteiger partial charge on any atom is 0.226 e. The summed E-state index contributed by atoms with van der Waals surface area (Å²) in [7, 11) is 0. The minimum atomic E-state index is -1.03. The number of hydrogen-bond acceptors (Lipinski definition) is 5. The average Bonchev–Trinajstić information content (AvgIpc) is 2.45. The smallest absolute Gasteiger partial charge is 0.226 e. The maximum atomic E-state index is 10.7. The van der Waals surface area contributed by atoms with Crippen molar-refractivity contribution < 1.29 is 9.90 Å². The van der Waals surface area contributed by atoms with Gasteiger partial charge in [-0.15, -0.1) is 0 Å². The Morgan fingerprint density at radius 3 is 2.75 bits per heavy atom. The molecule has 1 aliphatic heterocycles. The molecule has 0 unspecified atom stereocenters. The Kier molecular flexibility index (Phi) is 4.35. The zero-order valence-electron chi connectivity index (χ0n) is 11.8. The highest BCUT2D eigenvalue weighted by molar-refractivity contribution is 5.54. The van der Waals surface area contributed by atoms with Crippen LogP contribution in [0.4, 0.5) is 5.95 Å². The standard InChI is InChI=1S/C15H19N3O2/c1-15(2,20)7-3-13-4-8-16-14(17-13)18-9-5-12(11-19)6-10-18/h4,8,11-12,20H,5-6,9-10H2,1-2H3. The lowest BCUT2D eigenvalue weighted by molar-refractivity contribution is -0.111. The summed E-state index contributed by atoms with van der Waals surface area (Å²) < 4.78 is 0. The van der Waals surface area contributed by atoms with Crippen LogP contribution in [0, 0.1) is 17.8 Å². The number of rotatable bonds is 2. The number of aromatic nitrogens is 2. The monoisotopic (exact) mass is 273 g/mol. The molecule has 2 rings (SSSR count). The van der Waals surface area contributed by atoms with Gasteiger partial charge >= 0.3 is 0 Å². The highest BCUT2D eigenvalue weighted by Gasteiger charge is 2.20. The summed E-state index contributed by atoms with van der Waals surface area (Å²) in [6.07, 6.45) is 4.38. The molecule has 1 aromatic heterocycles. The summed E-state index contributed by atoms with van der Waals surface area (Å²) in [5.41, 5.74) is -0.442. The lowest BCUT2D eigenvalue weighted by Crippen LogP contribution is -2.35. The first kappa shape index (κ1) is 14.5. The van der Waals surface area contributed by atoms with Gasteiger partial charge in [0.05, 0.1) is 0 Å². The van der Waals surface area contributed by atoms with Gasteiger partial charge in [-0.2, -0.15) is 0 Å². The fourth-order valence-electron chi connectivity index (χ4n) is 2.02. The van der Waals surface area contributed by atoms with Gasteiger partial charge in [0, 0.05) is 25.2 Å². The Hall–Kier alpha value is -1.93. The molecule has 0 saturated carbocycles. The van der Waals surface area contributed by atoms with E-state index in [9.17, 15) is 9.90 Å². The summed E-state index contributed by atoms with van der Waals surface area (Å²) in [4.78, 5) is 21.5. The number of aldehydes is 1. The fourth-order valence-corrected chi connectivity index (χ4v) is 2.02. The first-order valence-corrected chi connectivity index (χ1v) is 6.77. The van der Waals surface area contributed by atoms with Crippen molar-refractivity contribution in [2.75, 3.05) is 18.0 Å². The molecule has 0 bridgehead atoms. The molecule has 0 atom stereocenters. The van der Waals surface area contributed by atoms with E-state index in [1.165, 1.54) is 0 Å². The van der Waals surface area contributed by atoms with Crippen LogP contribution < -0.4 is 4.90 Å². The van der Waals surface area contributed by atoms with Gasteiger partial charge in [-0.3, -0.25) is 0 Å². The van der Waals surface area contributed by atoms with Crippen molar-refractivity contribution in [3.05, 3.63) is 18.0 Å². The molecule has 0 aliphatic carbocycles. The molecule has 0 amide bonds. The van der Waals surface area contributed by atoms with Crippen LogP contribution in [-0.4, -0.2) is 40.1 Å². The second-order valence-electron chi connectivity index (χ2n) is 5.51. The first-order chi connectivity index (χ1) is 9.48. The number of aliphatic hydroxyl groups is 1. The largest absolute Gasteiger partial charge is 0.378 e. The quantitative estimate of drug-likeness (QED) is 0.643. The summed E-state index contributed by atoms with van der Waals surface area (Å²) in [6.45, 7) is 4.83. The Labute approximate surface area is 119 Å². The van der Waals surface area contributed by atoms with Gasteiger partial charge in [-0.05, 0) is 38.7 Å². The number of hydrogen-bond donors (Lipinski definition) is 1. The molecule has 1 aromatic rings. The van der Waals surface area contributed by atoms with E-state index in [1.807, 2.05) is 0 Å². The molecule has 20 heavy (non-hydrogen) atoms. The van der Waals surface area contributed by atoms with E-state index >= 15 is 0 Å². The molecule has 1 fully saturated rings. The van der Waals surface area contributed by atoms with Crippen LogP contribution in [0.3, 0.4) is 0 Å². The second-order valence-corrected chi connectivity index (χ2v) is 5.51. The van der Waals surface area contributed by atoms with Gasteiger partial charge in [0.15, 0.2) is 0 Å². The van der Waals surface area contributed by atoms with E-state index in [2.05, 4.69) is 26.7 Å². The van der Waals surface area contributed by atoms with Crippen LogP contribution in [-0.2, 0) is 4.79 Å². The van der Waals surface area contributed by atoms with Crippen molar-refractivity contribution in [2.45, 2.75) is 32.3 Å². The van der Waals surface area contributed by atoms with Crippen molar-refractivity contribution in [1.29, 1.82) is 0 Å². The lowest BCUT2D eigenvalue weighted by Gasteiger charge is -2.29. The Morgan fingerprint density at radius 1 is 1.45 bits per heavy atom. The molecule has 5 heteroatoms. The molecule has 106 valence electrons. The summed E-state index contributed by atoms with van der Waals surface area (Å²) in [5.74, 6) is 6.38. The van der Waals surface area contributed by atoms with E-state index in [0.29, 0.717) is 11.6 Å². The van der Waals surface area contributed by atoms with E-state index in [-0.39, 0.29) is 5.92 Å². The predicted octanol–water partition coefficient (Wildman–Crippen LogP) is 1.01. The molecule has 0 spiro atoms. The predicted molar refractivity (Wildman–Crippen MR) is 76.2 cm³/mol. The van der Waals surface area contributed by atoms with Crippen LogP contribution in [0.25, 0.3) is 0 Å². The fraction of sp³-hybridized carbons (Fsp3) is 0.533. The molecule has 2 heterocycles. The number of carbonyl (C=O) groups is 1. The van der Waals surface area contributed by atoms with Crippen molar-refractivity contribution in [3.63, 3.8) is 0 Å². The number of carbonyl (C=O) groups excluding carboxylic acids is 1. The third-order valence-corrected chi connectivity index (χ3v) is 3.15. The van der Waals surface area contributed by atoms with E-state index < -0.39 is 5.60 Å². The zero-order valence-corrected chi connectivity index (χ0v) is 11.8. The summed E-state index contributed by atoms with van der Waals surface area (Å²) in [6, 6.07) is 1.72. The molecular weight excluding hydrogens is 254 g/mol. The van der Waals surface area contributed by atoms with Gasteiger partial charge in [-0.1, -0.05) is 5.92 Å². The molecule has 0 aromatic carbocycles. The Bertz CT molecular complexity index is 532. The third kappa shape index (κ3) is 4.04. The highest BCUT2D eigenvalue weighted by atomic mass is 16.3. The van der Waals surface area contributed by atoms with Crippen molar-refractivity contribution in [2.24, 2.45) is 5.92 Å². The number of anilines is 1. The zero-order chi connectivity index (χ0) is 14.6. The van der Waals surface area contributed by atoms with Crippen LogP contribution in [0.15, 0.2) is 12.3 Å². The molecular formula is C15H19N3O2. The van der Waals surface area contributed by atoms with Gasteiger partial charge < -0.3 is 14.8 Å². The van der Waals surface area contributed by atoms with Crippen molar-refractivity contribution >= 4 is 12.2 Å². The molecule has 5 nitrogen and oxygen atoms in total. The number of nitrogens with zero attached hydrogens (tertiary/aromatic N) is 3. The summed E-state index contributed by atoms with van der Waals surface area (Å²) >= 11 is 0. The van der Waals surface area contributed by atoms with E-state index in [4.69, 9.17) is 0 Å². The van der Waals surface area contributed by atoms with Crippen LogP contribution >= 0.6 is 0 Å². The first-order valence-electron chi connectivity index (χ1n) is 6.77. The molecule has 1 aliphatic rings. The second kappa shape index (κ2) is 6.02. The van der Waals surface area contributed by atoms with Crippen LogP contribution in [0.1, 0.15) is 32.4 Å². The van der Waals surface area contributed by atoms with Gasteiger partial charge in [0.1, 0.15) is 17.6 Å². The Morgan fingerprint density at radius 2 is 2.15 bits per heavy atom. The molecule has 1 N–H and O–H groups in total. The Balaban J connectivity index is 2.10. The van der Waals surface area contributed by atoms with Gasteiger partial charge in [0.25, 0.3) is 0 Å². The third-order valence-electron chi connectivity index (χ3n) is 3.15. The SMILES string of the molecule is CC(C)(O)C#Cc1ccnc(N2CCC(C=O)CC2)n1. The minimum absolute atomic E-state index is 0.157. The molecule has 1 saturated heterocycles. The van der Waals surface area contributed by atoms with Crippen molar-refractivity contribution in [1.82, 2.24) is 9.97 Å². The minimum Gasteiger partial charge on any atom is -0.378 e. The average molecular weight is 273 g/mol. The van der Waals surface area contributed by atoms with Crippen LogP contribution in [0.5, 0.6) is 0 Å². The topological polar surface area (TPSA) is 66.3 Å². The lowest BCUT2D eigenvalue weighted by atomic mass is 9.99. The van der Waals surface area contributed by atoms with Crippen LogP contribution in [0.2, 0.25) is 0 Å². The summed E-state index contributed by atoms with van der Waals surface area (Å²) in [5, 5.41) is 9.59. The van der Waals surface area contributed by atoms with Gasteiger partial charge in [-0.25, -0.2) is 9.97 Å². The normalized spacial score (nSPS) is 16.4. The van der Waals surface area contributed by atoms with Gasteiger partial charge in [0.2, 0.25) is 5.95 Å². The van der Waals surface area contributed by atoms with E-state index in [0.717, 1.165) is 32.2 Å².